The first-order valence-electron chi connectivity index (χ1n) is 8.27. The fraction of sp³-hybridized carbons (Fsp3) is 0.150. The van der Waals surface area contributed by atoms with Gasteiger partial charge in [-0.25, -0.2) is 12.8 Å². The van der Waals surface area contributed by atoms with E-state index in [-0.39, 0.29) is 11.4 Å². The number of carbonyl (C=O) groups is 1. The van der Waals surface area contributed by atoms with E-state index in [0.29, 0.717) is 33.3 Å². The lowest BCUT2D eigenvalue weighted by Gasteiger charge is -2.08. The summed E-state index contributed by atoms with van der Waals surface area (Å²) in [7, 11) is -3.59. The average Bonchev–Trinajstić information content (AvgIpc) is 2.99. The number of benzene rings is 2. The van der Waals surface area contributed by atoms with Crippen molar-refractivity contribution in [2.75, 3.05) is 0 Å². The van der Waals surface area contributed by atoms with Crippen LogP contribution in [0, 0.1) is 19.7 Å². The molecule has 0 fully saturated rings. The van der Waals surface area contributed by atoms with Gasteiger partial charge in [0.1, 0.15) is 12.4 Å². The largest absolute Gasteiger partial charge is 0.480 e. The van der Waals surface area contributed by atoms with E-state index in [9.17, 15) is 22.7 Å². The first kappa shape index (κ1) is 17.5. The molecule has 0 spiro atoms. The number of fused-ring (bicyclic) bond motifs is 2. The molecule has 4 rings (SSSR count). The third kappa shape index (κ3) is 2.66. The number of halogens is 1. The van der Waals surface area contributed by atoms with Gasteiger partial charge in [-0.1, -0.05) is 12.1 Å². The maximum Gasteiger partial charge on any atom is 0.323 e. The molecule has 1 aromatic heterocycles. The number of rotatable bonds is 3. The molecule has 0 saturated heterocycles. The van der Waals surface area contributed by atoms with Crippen LogP contribution in [0.3, 0.4) is 0 Å². The Balaban J connectivity index is 2.07. The van der Waals surface area contributed by atoms with Gasteiger partial charge in [0.25, 0.3) is 0 Å². The Morgan fingerprint density at radius 1 is 1.15 bits per heavy atom. The second-order valence-corrected chi connectivity index (χ2v) is 8.44. The molecule has 0 radical (unpaired) electrons. The summed E-state index contributed by atoms with van der Waals surface area (Å²) in [6.07, 6.45) is 0. The molecule has 0 aliphatic carbocycles. The summed E-state index contributed by atoms with van der Waals surface area (Å²) in [5, 5.41) is 11.1. The predicted molar refractivity (Wildman–Crippen MR) is 99.7 cm³/mol. The molecule has 138 valence electrons. The Kier molecular flexibility index (Phi) is 3.75. The van der Waals surface area contributed by atoms with Gasteiger partial charge >= 0.3 is 5.97 Å². The van der Waals surface area contributed by atoms with E-state index in [1.54, 1.807) is 25.1 Å². The molecule has 0 atom stereocenters. The van der Waals surface area contributed by atoms with E-state index in [2.05, 4.69) is 0 Å². The van der Waals surface area contributed by atoms with Crippen LogP contribution in [-0.4, -0.2) is 24.1 Å². The summed E-state index contributed by atoms with van der Waals surface area (Å²) < 4.78 is 40.6. The van der Waals surface area contributed by atoms with Crippen LogP contribution in [-0.2, 0) is 21.2 Å². The minimum absolute atomic E-state index is 0.234. The number of carboxylic acids is 1. The number of aromatic nitrogens is 1. The lowest BCUT2D eigenvalue weighted by molar-refractivity contribution is -0.137. The highest BCUT2D eigenvalue weighted by atomic mass is 32.2. The number of sulfone groups is 1. The zero-order valence-corrected chi connectivity index (χ0v) is 15.5. The van der Waals surface area contributed by atoms with Gasteiger partial charge in [-0.3, -0.25) is 4.79 Å². The molecule has 1 N–H and O–H groups in total. The molecule has 7 heteroatoms. The van der Waals surface area contributed by atoms with Gasteiger partial charge in [0.05, 0.1) is 10.4 Å². The van der Waals surface area contributed by atoms with Crippen molar-refractivity contribution < 1.29 is 22.7 Å². The van der Waals surface area contributed by atoms with E-state index in [1.165, 1.54) is 22.1 Å². The van der Waals surface area contributed by atoms with Crippen molar-refractivity contribution in [1.82, 2.24) is 4.57 Å². The molecule has 0 bridgehead atoms. The van der Waals surface area contributed by atoms with Crippen molar-refractivity contribution in [2.45, 2.75) is 25.3 Å². The minimum atomic E-state index is -3.59. The van der Waals surface area contributed by atoms with Crippen molar-refractivity contribution in [1.29, 1.82) is 0 Å². The average molecular weight is 385 g/mol. The van der Waals surface area contributed by atoms with Crippen molar-refractivity contribution in [3.63, 3.8) is 0 Å². The molecule has 0 saturated carbocycles. The smallest absolute Gasteiger partial charge is 0.323 e. The van der Waals surface area contributed by atoms with E-state index in [4.69, 9.17) is 0 Å². The fourth-order valence-electron chi connectivity index (χ4n) is 3.69. The topological polar surface area (TPSA) is 76.4 Å². The quantitative estimate of drug-likeness (QED) is 0.747. The van der Waals surface area contributed by atoms with Crippen LogP contribution >= 0.6 is 0 Å². The molecular formula is C20H16FNO4S. The lowest BCUT2D eigenvalue weighted by atomic mass is 9.96. The molecule has 3 aromatic rings. The van der Waals surface area contributed by atoms with E-state index < -0.39 is 21.6 Å². The standard InChI is InChI=1S/C20H16FNO4S/c1-11-3-5-14-16(10-27(25,26)18(14)7-11)20-12(2)22(9-19(23)24)17-8-13(21)4-6-15(17)20/h3-8,10H,9H2,1-2H3,(H,23,24). The summed E-state index contributed by atoms with van der Waals surface area (Å²) in [6, 6.07) is 9.33. The molecule has 0 amide bonds. The van der Waals surface area contributed by atoms with Crippen LogP contribution in [0.4, 0.5) is 4.39 Å². The fourth-order valence-corrected chi connectivity index (χ4v) is 5.21. The van der Waals surface area contributed by atoms with Gasteiger partial charge < -0.3 is 9.67 Å². The predicted octanol–water partition coefficient (Wildman–Crippen LogP) is 3.66. The Morgan fingerprint density at radius 2 is 1.89 bits per heavy atom. The Bertz CT molecular complexity index is 1270. The van der Waals surface area contributed by atoms with E-state index in [1.807, 2.05) is 13.0 Å². The zero-order valence-electron chi connectivity index (χ0n) is 14.7. The van der Waals surface area contributed by atoms with Crippen LogP contribution in [0.15, 0.2) is 46.7 Å². The Morgan fingerprint density at radius 3 is 2.59 bits per heavy atom. The molecular weight excluding hydrogens is 369 g/mol. The first-order chi connectivity index (χ1) is 12.7. The minimum Gasteiger partial charge on any atom is -0.480 e. The maximum absolute atomic E-state index is 13.8. The van der Waals surface area contributed by atoms with Crippen LogP contribution in [0.1, 0.15) is 22.4 Å². The summed E-state index contributed by atoms with van der Waals surface area (Å²) in [5.74, 6) is -1.54. The second kappa shape index (κ2) is 5.79. The molecule has 27 heavy (non-hydrogen) atoms. The van der Waals surface area contributed by atoms with Gasteiger partial charge in [-0.2, -0.15) is 0 Å². The molecule has 2 aromatic carbocycles. The van der Waals surface area contributed by atoms with E-state index in [0.717, 1.165) is 5.56 Å². The molecule has 2 heterocycles. The third-order valence-corrected chi connectivity index (χ3v) is 6.35. The highest BCUT2D eigenvalue weighted by Gasteiger charge is 2.31. The molecule has 0 unspecified atom stereocenters. The van der Waals surface area contributed by atoms with Gasteiger partial charge in [-0.05, 0) is 43.7 Å². The number of nitrogens with zero attached hydrogens (tertiary/aromatic N) is 1. The summed E-state index contributed by atoms with van der Waals surface area (Å²) in [4.78, 5) is 11.5. The van der Waals surface area contributed by atoms with Gasteiger partial charge in [0, 0.05) is 33.2 Å². The first-order valence-corrected chi connectivity index (χ1v) is 9.82. The van der Waals surface area contributed by atoms with Crippen molar-refractivity contribution >= 4 is 32.3 Å². The SMILES string of the molecule is Cc1ccc2c(c1)S(=O)(=O)C=C2c1c(C)n(CC(=O)O)c2cc(F)ccc12. The van der Waals surface area contributed by atoms with Crippen LogP contribution in [0.2, 0.25) is 0 Å². The number of aryl methyl sites for hydroxylation is 1. The molecule has 1 aliphatic heterocycles. The Labute approximate surface area is 155 Å². The number of carboxylic acid groups (broad SMARTS) is 1. The highest BCUT2D eigenvalue weighted by molar-refractivity contribution is 7.95. The van der Waals surface area contributed by atoms with Crippen molar-refractivity contribution in [2.24, 2.45) is 0 Å². The number of aliphatic carboxylic acids is 1. The second-order valence-electron chi connectivity index (χ2n) is 6.68. The summed E-state index contributed by atoms with van der Waals surface area (Å²) in [5.41, 5.74) is 3.51. The summed E-state index contributed by atoms with van der Waals surface area (Å²) in [6.45, 7) is 3.20. The number of hydrogen-bond donors (Lipinski definition) is 1. The summed E-state index contributed by atoms with van der Waals surface area (Å²) >= 11 is 0. The highest BCUT2D eigenvalue weighted by Crippen LogP contribution is 2.42. The van der Waals surface area contributed by atoms with Crippen LogP contribution in [0.25, 0.3) is 16.5 Å². The van der Waals surface area contributed by atoms with Crippen molar-refractivity contribution in [3.05, 3.63) is 70.0 Å². The van der Waals surface area contributed by atoms with E-state index >= 15 is 0 Å². The molecule has 1 aliphatic rings. The zero-order chi connectivity index (χ0) is 19.5. The van der Waals surface area contributed by atoms with Gasteiger partial charge in [0.15, 0.2) is 0 Å². The maximum atomic E-state index is 13.8. The van der Waals surface area contributed by atoms with Gasteiger partial charge in [-0.15, -0.1) is 0 Å². The van der Waals surface area contributed by atoms with Crippen LogP contribution in [0.5, 0.6) is 0 Å². The number of hydrogen-bond acceptors (Lipinski definition) is 3. The lowest BCUT2D eigenvalue weighted by Crippen LogP contribution is -2.10. The Hall–Kier alpha value is -2.93. The molecule has 5 nitrogen and oxygen atoms in total. The van der Waals surface area contributed by atoms with Gasteiger partial charge in [0.2, 0.25) is 9.84 Å². The normalized spacial score (nSPS) is 15.0. The van der Waals surface area contributed by atoms with Crippen LogP contribution < -0.4 is 0 Å². The third-order valence-electron chi connectivity index (χ3n) is 4.86. The van der Waals surface area contributed by atoms with Crippen molar-refractivity contribution in [3.8, 4) is 0 Å². The monoisotopic (exact) mass is 385 g/mol.